The largest absolute Gasteiger partial charge is 0.507 e. The fourth-order valence-corrected chi connectivity index (χ4v) is 7.22. The van der Waals surface area contributed by atoms with Crippen LogP contribution in [0.3, 0.4) is 0 Å². The Balaban J connectivity index is 1.30. The van der Waals surface area contributed by atoms with Gasteiger partial charge in [-0.15, -0.1) is 0 Å². The summed E-state index contributed by atoms with van der Waals surface area (Å²) in [6, 6.07) is 3.09. The molecule has 2 aromatic rings. The van der Waals surface area contributed by atoms with Crippen molar-refractivity contribution >= 4 is 23.4 Å². The summed E-state index contributed by atoms with van der Waals surface area (Å²) < 4.78 is 27.5. The minimum atomic E-state index is -2.18. The van der Waals surface area contributed by atoms with E-state index in [1.165, 1.54) is 32.2 Å². The molecule has 6 rings (SSSR count). The number of phenols is 2. The van der Waals surface area contributed by atoms with E-state index in [9.17, 15) is 60.0 Å². The number of alkyl carbamates (subject to hydrolysis) is 1. The summed E-state index contributed by atoms with van der Waals surface area (Å²) in [7, 11) is 1.29. The zero-order valence-corrected chi connectivity index (χ0v) is 28.1. The molecule has 1 amide bonds. The van der Waals surface area contributed by atoms with E-state index in [0.29, 0.717) is 0 Å². The molecule has 11 atom stereocenters. The summed E-state index contributed by atoms with van der Waals surface area (Å²) in [5, 5.41) is 87.6. The average molecular weight is 734 g/mol. The molecule has 9 N–H and O–H groups in total. The standard InChI is InChI=1S/C34H39NO17/c1-11-24(38)15(35-33(46)52-32-31(45)30(44)27(41)18(10-36)51-32)7-19(49-11)50-17-9-34(47,12(2)37)8-14-21(17)29(43)23-22(26(14)40)25(39)13-5-4-6-16(48-3)20(13)28(23)42/h4-6,11,15,17-19,24,27,30-32,36,38,40-41,43-45,47H,7-10H2,1-3H3,(H,35,46)/t11-,15-,17-,18+,19-,24+,27+,30-,31+,32-,34-/m0/s1. The first-order valence-electron chi connectivity index (χ1n) is 16.4. The molecular weight excluding hydrogens is 694 g/mol. The molecule has 2 aromatic carbocycles. The molecule has 18 heteroatoms. The molecule has 2 aliphatic heterocycles. The van der Waals surface area contributed by atoms with Crippen molar-refractivity contribution in [2.75, 3.05) is 13.7 Å². The molecule has 2 heterocycles. The SMILES string of the molecule is COc1cccc2c1C(=O)c1c(O)c3c(c(O)c1C2=O)C[C@@](O)(C(C)=O)C[C@@H]3O[C@H]1C[C@H](NC(=O)O[C@@H]2O[C@H](CO)[C@@H](O)[C@H](O)[C@H]2O)[C@H](O)[C@H](C)O1. The number of aliphatic hydroxyl groups excluding tert-OH is 5. The Hall–Kier alpha value is -4.24. The van der Waals surface area contributed by atoms with Crippen LogP contribution in [-0.4, -0.2) is 139 Å². The number of aliphatic hydroxyl groups is 6. The van der Waals surface area contributed by atoms with Crippen LogP contribution in [0.15, 0.2) is 18.2 Å². The second kappa shape index (κ2) is 14.0. The maximum absolute atomic E-state index is 13.9. The molecule has 0 saturated carbocycles. The van der Waals surface area contributed by atoms with Gasteiger partial charge in [-0.25, -0.2) is 4.79 Å². The van der Waals surface area contributed by atoms with Crippen molar-refractivity contribution in [2.45, 2.75) is 100 Å². The second-order valence-electron chi connectivity index (χ2n) is 13.3. The van der Waals surface area contributed by atoms with Gasteiger partial charge in [-0.1, -0.05) is 12.1 Å². The van der Waals surface area contributed by atoms with Crippen molar-refractivity contribution in [2.24, 2.45) is 0 Å². The minimum absolute atomic E-state index is 0.0450. The van der Waals surface area contributed by atoms with E-state index in [2.05, 4.69) is 5.32 Å². The first-order valence-corrected chi connectivity index (χ1v) is 16.4. The van der Waals surface area contributed by atoms with Crippen molar-refractivity contribution in [3.8, 4) is 17.2 Å². The second-order valence-corrected chi connectivity index (χ2v) is 13.3. The Morgan fingerprint density at radius 3 is 2.31 bits per heavy atom. The molecule has 0 spiro atoms. The van der Waals surface area contributed by atoms with E-state index < -0.39 is 132 Å². The predicted molar refractivity (Wildman–Crippen MR) is 170 cm³/mol. The van der Waals surface area contributed by atoms with Gasteiger partial charge in [0.15, 0.2) is 17.9 Å². The van der Waals surface area contributed by atoms with Crippen LogP contribution in [0.1, 0.15) is 75.8 Å². The number of hydrogen-bond donors (Lipinski definition) is 9. The highest BCUT2D eigenvalue weighted by Gasteiger charge is 2.50. The summed E-state index contributed by atoms with van der Waals surface area (Å²) in [5.74, 6) is -3.82. The van der Waals surface area contributed by atoms with Crippen LogP contribution in [0.5, 0.6) is 17.2 Å². The first kappa shape index (κ1) is 37.5. The maximum Gasteiger partial charge on any atom is 0.409 e. The highest BCUT2D eigenvalue weighted by molar-refractivity contribution is 6.31. The molecule has 4 aliphatic rings. The monoisotopic (exact) mass is 733 g/mol. The number of fused-ring (bicyclic) bond motifs is 3. The molecule has 282 valence electrons. The maximum atomic E-state index is 13.9. The van der Waals surface area contributed by atoms with E-state index in [0.717, 1.165) is 6.92 Å². The van der Waals surface area contributed by atoms with E-state index in [1.54, 1.807) is 0 Å². The van der Waals surface area contributed by atoms with Gasteiger partial charge in [-0.3, -0.25) is 14.4 Å². The number of aromatic hydroxyl groups is 2. The third-order valence-electron chi connectivity index (χ3n) is 10.1. The van der Waals surface area contributed by atoms with Gasteiger partial charge >= 0.3 is 6.09 Å². The number of ether oxygens (including phenoxy) is 5. The number of benzene rings is 2. The smallest absolute Gasteiger partial charge is 0.409 e. The number of Topliss-reactive ketones (excluding diaryl/α,β-unsaturated/α-hetero) is 1. The van der Waals surface area contributed by atoms with Gasteiger partial charge in [0.2, 0.25) is 12.1 Å². The van der Waals surface area contributed by atoms with Crippen molar-refractivity contribution in [3.63, 3.8) is 0 Å². The molecule has 52 heavy (non-hydrogen) atoms. The lowest BCUT2D eigenvalue weighted by molar-refractivity contribution is -0.285. The van der Waals surface area contributed by atoms with E-state index in [4.69, 9.17) is 23.7 Å². The minimum Gasteiger partial charge on any atom is -0.507 e. The van der Waals surface area contributed by atoms with Gasteiger partial charge in [-0.05, 0) is 19.9 Å². The van der Waals surface area contributed by atoms with Gasteiger partial charge in [0.1, 0.15) is 53.4 Å². The number of hydrogen-bond acceptors (Lipinski definition) is 17. The van der Waals surface area contributed by atoms with Crippen molar-refractivity contribution in [1.29, 1.82) is 0 Å². The van der Waals surface area contributed by atoms with Crippen LogP contribution in [0.25, 0.3) is 0 Å². The number of carbonyl (C=O) groups excluding carboxylic acids is 4. The molecular formula is C34H39NO17. The summed E-state index contributed by atoms with van der Waals surface area (Å²) in [4.78, 5) is 53.2. The summed E-state index contributed by atoms with van der Waals surface area (Å²) in [6.07, 6.45) is -16.4. The van der Waals surface area contributed by atoms with Gasteiger partial charge in [0.25, 0.3) is 0 Å². The summed E-state index contributed by atoms with van der Waals surface area (Å²) in [6.45, 7) is 1.77. The Labute approximate surface area is 295 Å². The molecule has 2 saturated heterocycles. The lowest BCUT2D eigenvalue weighted by Gasteiger charge is -2.43. The molecule has 2 fully saturated rings. The number of ketones is 3. The summed E-state index contributed by atoms with van der Waals surface area (Å²) >= 11 is 0. The Bertz CT molecular complexity index is 1800. The van der Waals surface area contributed by atoms with Crippen LogP contribution < -0.4 is 10.1 Å². The number of carbonyl (C=O) groups is 4. The lowest BCUT2D eigenvalue weighted by atomic mass is 9.72. The highest BCUT2D eigenvalue weighted by Crippen LogP contribution is 2.52. The quantitative estimate of drug-likeness (QED) is 0.126. The Kier molecular flexibility index (Phi) is 10.1. The van der Waals surface area contributed by atoms with Crippen LogP contribution in [0.4, 0.5) is 4.79 Å². The molecule has 0 bridgehead atoms. The van der Waals surface area contributed by atoms with Crippen molar-refractivity contribution < 1.29 is 83.7 Å². The predicted octanol–water partition coefficient (Wildman–Crippen LogP) is -1.40. The zero-order chi connectivity index (χ0) is 38.0. The fourth-order valence-electron chi connectivity index (χ4n) is 7.22. The van der Waals surface area contributed by atoms with Crippen molar-refractivity contribution in [3.05, 3.63) is 51.6 Å². The summed E-state index contributed by atoms with van der Waals surface area (Å²) in [5.41, 5.74) is -3.90. The average Bonchev–Trinajstić information content (AvgIpc) is 3.10. The first-order chi connectivity index (χ1) is 24.5. The molecule has 18 nitrogen and oxygen atoms in total. The van der Waals surface area contributed by atoms with Crippen LogP contribution in [0.2, 0.25) is 0 Å². The van der Waals surface area contributed by atoms with E-state index >= 15 is 0 Å². The number of amides is 1. The van der Waals surface area contributed by atoms with Crippen LogP contribution in [-0.2, 0) is 30.2 Å². The Morgan fingerprint density at radius 2 is 1.65 bits per heavy atom. The van der Waals surface area contributed by atoms with E-state index in [1.807, 2.05) is 0 Å². The molecule has 0 radical (unpaired) electrons. The van der Waals surface area contributed by atoms with Gasteiger partial charge < -0.3 is 69.9 Å². The number of nitrogens with one attached hydrogen (secondary N) is 1. The number of phenolic OH excluding ortho intramolecular Hbond substituents is 2. The topological polar surface area (TPSA) is 288 Å². The van der Waals surface area contributed by atoms with E-state index in [-0.39, 0.29) is 34.4 Å². The molecule has 0 unspecified atom stereocenters. The highest BCUT2D eigenvalue weighted by atomic mass is 16.7. The number of methoxy groups -OCH3 is 1. The van der Waals surface area contributed by atoms with Gasteiger partial charge in [0, 0.05) is 36.0 Å². The van der Waals surface area contributed by atoms with Gasteiger partial charge in [0.05, 0.1) is 48.7 Å². The zero-order valence-electron chi connectivity index (χ0n) is 28.1. The number of rotatable bonds is 7. The van der Waals surface area contributed by atoms with Crippen molar-refractivity contribution in [1.82, 2.24) is 5.32 Å². The lowest BCUT2D eigenvalue weighted by Crippen LogP contribution is -2.61. The van der Waals surface area contributed by atoms with Gasteiger partial charge in [-0.2, -0.15) is 0 Å². The molecule has 2 aliphatic carbocycles. The third kappa shape index (κ3) is 6.18. The molecule has 0 aromatic heterocycles. The Morgan fingerprint density at radius 1 is 0.962 bits per heavy atom. The fraction of sp³-hybridized carbons (Fsp3) is 0.529. The normalized spacial score (nSPS) is 34.1. The third-order valence-corrected chi connectivity index (χ3v) is 10.1. The van der Waals surface area contributed by atoms with Crippen LogP contribution >= 0.6 is 0 Å². The van der Waals surface area contributed by atoms with Crippen LogP contribution in [0, 0.1) is 0 Å².